The van der Waals surface area contributed by atoms with E-state index in [0.717, 1.165) is 23.6 Å². The Morgan fingerprint density at radius 3 is 2.59 bits per heavy atom. The predicted octanol–water partition coefficient (Wildman–Crippen LogP) is 3.17. The molecule has 1 heterocycles. The van der Waals surface area contributed by atoms with Crippen LogP contribution in [-0.2, 0) is 4.79 Å². The summed E-state index contributed by atoms with van der Waals surface area (Å²) in [7, 11) is 0. The smallest absolute Gasteiger partial charge is 0.308 e. The molecule has 2 aromatic rings. The van der Waals surface area contributed by atoms with E-state index in [2.05, 4.69) is 0 Å². The van der Waals surface area contributed by atoms with Gasteiger partial charge in [0.25, 0.3) is 5.91 Å². The molecule has 22 heavy (non-hydrogen) atoms. The number of hydrogen-bond donors (Lipinski definition) is 1. The molecule has 1 atom stereocenters. The topological polar surface area (TPSA) is 57.6 Å². The Kier molecular flexibility index (Phi) is 4.09. The first-order valence-electron chi connectivity index (χ1n) is 7.66. The number of rotatable bonds is 2. The van der Waals surface area contributed by atoms with E-state index in [-0.39, 0.29) is 5.91 Å². The van der Waals surface area contributed by atoms with E-state index in [1.165, 1.54) is 0 Å². The maximum Gasteiger partial charge on any atom is 0.308 e. The van der Waals surface area contributed by atoms with Crippen LogP contribution in [0.5, 0.6) is 0 Å². The fraction of sp³-hybridized carbons (Fsp3) is 0.333. The van der Waals surface area contributed by atoms with Gasteiger partial charge in [-0.15, -0.1) is 0 Å². The largest absolute Gasteiger partial charge is 0.481 e. The van der Waals surface area contributed by atoms with Crippen LogP contribution in [0.1, 0.15) is 29.6 Å². The van der Waals surface area contributed by atoms with Gasteiger partial charge in [0.15, 0.2) is 0 Å². The normalized spacial score (nSPS) is 18.9. The highest BCUT2D eigenvalue weighted by Gasteiger charge is 2.27. The Bertz CT molecular complexity index is 710. The van der Waals surface area contributed by atoms with Gasteiger partial charge in [-0.1, -0.05) is 36.8 Å². The number of amides is 1. The van der Waals surface area contributed by atoms with Crippen LogP contribution in [0, 0.1) is 5.92 Å². The summed E-state index contributed by atoms with van der Waals surface area (Å²) < 4.78 is 0. The molecule has 1 N–H and O–H groups in total. The Labute approximate surface area is 129 Å². The molecule has 0 spiro atoms. The standard InChI is InChI=1S/C18H19NO3/c20-17(19-10-4-3-7-16(12-19)18(21)22)15-9-8-13-5-1-2-6-14(13)11-15/h1-2,5-6,8-9,11,16H,3-4,7,10,12H2,(H,21,22). The minimum absolute atomic E-state index is 0.0705. The second-order valence-corrected chi connectivity index (χ2v) is 5.84. The molecular formula is C18H19NO3. The molecule has 1 aliphatic rings. The molecule has 0 radical (unpaired) electrons. The van der Waals surface area contributed by atoms with Crippen molar-refractivity contribution < 1.29 is 14.7 Å². The van der Waals surface area contributed by atoms with Crippen LogP contribution in [0.15, 0.2) is 42.5 Å². The highest BCUT2D eigenvalue weighted by atomic mass is 16.4. The molecule has 2 aromatic carbocycles. The number of carboxylic acid groups (broad SMARTS) is 1. The molecule has 0 bridgehead atoms. The van der Waals surface area contributed by atoms with Crippen molar-refractivity contribution in [2.75, 3.05) is 13.1 Å². The van der Waals surface area contributed by atoms with Crippen molar-refractivity contribution >= 4 is 22.6 Å². The van der Waals surface area contributed by atoms with Crippen molar-refractivity contribution in [3.05, 3.63) is 48.0 Å². The average Bonchev–Trinajstić information content (AvgIpc) is 2.80. The maximum atomic E-state index is 12.7. The molecule has 1 unspecified atom stereocenters. The monoisotopic (exact) mass is 297 g/mol. The lowest BCUT2D eigenvalue weighted by molar-refractivity contribution is -0.142. The zero-order valence-electron chi connectivity index (χ0n) is 12.4. The zero-order chi connectivity index (χ0) is 15.5. The molecule has 1 saturated heterocycles. The van der Waals surface area contributed by atoms with E-state index >= 15 is 0 Å². The number of fused-ring (bicyclic) bond motifs is 1. The van der Waals surface area contributed by atoms with Crippen LogP contribution in [0.2, 0.25) is 0 Å². The van der Waals surface area contributed by atoms with Crippen LogP contribution in [0.3, 0.4) is 0 Å². The molecule has 1 amide bonds. The summed E-state index contributed by atoms with van der Waals surface area (Å²) >= 11 is 0. The summed E-state index contributed by atoms with van der Waals surface area (Å²) in [6.45, 7) is 0.941. The summed E-state index contributed by atoms with van der Waals surface area (Å²) in [6, 6.07) is 13.6. The van der Waals surface area contributed by atoms with Crippen molar-refractivity contribution in [3.63, 3.8) is 0 Å². The maximum absolute atomic E-state index is 12.7. The van der Waals surface area contributed by atoms with E-state index in [0.29, 0.717) is 25.1 Å². The molecular weight excluding hydrogens is 278 g/mol. The quantitative estimate of drug-likeness (QED) is 0.926. The second-order valence-electron chi connectivity index (χ2n) is 5.84. The third-order valence-corrected chi connectivity index (χ3v) is 4.30. The van der Waals surface area contributed by atoms with E-state index in [1.54, 1.807) is 4.90 Å². The number of hydrogen-bond acceptors (Lipinski definition) is 2. The van der Waals surface area contributed by atoms with Gasteiger partial charge in [0, 0.05) is 18.7 Å². The predicted molar refractivity (Wildman–Crippen MR) is 84.8 cm³/mol. The van der Waals surface area contributed by atoms with E-state index in [9.17, 15) is 14.7 Å². The molecule has 0 aromatic heterocycles. The Hall–Kier alpha value is -2.36. The summed E-state index contributed by atoms with van der Waals surface area (Å²) in [4.78, 5) is 25.6. The molecule has 1 aliphatic heterocycles. The first kappa shape index (κ1) is 14.6. The number of carboxylic acids is 1. The lowest BCUT2D eigenvalue weighted by atomic mass is 10.0. The molecule has 4 nitrogen and oxygen atoms in total. The van der Waals surface area contributed by atoms with E-state index in [1.807, 2.05) is 42.5 Å². The van der Waals surface area contributed by atoms with Crippen molar-refractivity contribution in [3.8, 4) is 0 Å². The fourth-order valence-corrected chi connectivity index (χ4v) is 3.03. The van der Waals surface area contributed by atoms with Crippen molar-refractivity contribution in [2.24, 2.45) is 5.92 Å². The lowest BCUT2D eigenvalue weighted by Gasteiger charge is -2.23. The third-order valence-electron chi connectivity index (χ3n) is 4.30. The van der Waals surface area contributed by atoms with Crippen molar-refractivity contribution in [1.29, 1.82) is 0 Å². The number of likely N-dealkylation sites (tertiary alicyclic amines) is 1. The van der Waals surface area contributed by atoms with Crippen LogP contribution >= 0.6 is 0 Å². The number of nitrogens with zero attached hydrogens (tertiary/aromatic N) is 1. The average molecular weight is 297 g/mol. The third kappa shape index (κ3) is 2.96. The first-order valence-corrected chi connectivity index (χ1v) is 7.66. The SMILES string of the molecule is O=C(O)C1CCCCN(C(=O)c2ccc3ccccc3c2)C1. The summed E-state index contributed by atoms with van der Waals surface area (Å²) in [5.74, 6) is -1.33. The van der Waals surface area contributed by atoms with Gasteiger partial charge in [0.1, 0.15) is 0 Å². The van der Waals surface area contributed by atoms with Gasteiger partial charge >= 0.3 is 5.97 Å². The van der Waals surface area contributed by atoms with Crippen LogP contribution < -0.4 is 0 Å². The van der Waals surface area contributed by atoms with Gasteiger partial charge in [-0.25, -0.2) is 0 Å². The van der Waals surface area contributed by atoms with Crippen LogP contribution in [-0.4, -0.2) is 35.0 Å². The Balaban J connectivity index is 1.85. The highest BCUT2D eigenvalue weighted by molar-refractivity contribution is 5.98. The minimum atomic E-state index is -0.807. The molecule has 114 valence electrons. The van der Waals surface area contributed by atoms with Gasteiger partial charge < -0.3 is 10.0 Å². The fourth-order valence-electron chi connectivity index (χ4n) is 3.03. The molecule has 0 aliphatic carbocycles. The zero-order valence-corrected chi connectivity index (χ0v) is 12.4. The van der Waals surface area contributed by atoms with Gasteiger partial charge in [0.2, 0.25) is 0 Å². The molecule has 0 saturated carbocycles. The van der Waals surface area contributed by atoms with E-state index < -0.39 is 11.9 Å². The number of carbonyl (C=O) groups excluding carboxylic acids is 1. The van der Waals surface area contributed by atoms with Crippen LogP contribution in [0.25, 0.3) is 10.8 Å². The summed E-state index contributed by atoms with van der Waals surface area (Å²) in [5, 5.41) is 11.4. The summed E-state index contributed by atoms with van der Waals surface area (Å²) in [5.41, 5.74) is 0.629. The van der Waals surface area contributed by atoms with Crippen LogP contribution in [0.4, 0.5) is 0 Å². The van der Waals surface area contributed by atoms with Gasteiger partial charge in [-0.05, 0) is 35.7 Å². The number of carbonyl (C=O) groups is 2. The number of benzene rings is 2. The molecule has 3 rings (SSSR count). The first-order chi connectivity index (χ1) is 10.6. The van der Waals surface area contributed by atoms with Gasteiger partial charge in [0.05, 0.1) is 5.92 Å². The Morgan fingerprint density at radius 2 is 1.82 bits per heavy atom. The second kappa shape index (κ2) is 6.18. The van der Waals surface area contributed by atoms with Crippen molar-refractivity contribution in [1.82, 2.24) is 4.90 Å². The molecule has 1 fully saturated rings. The van der Waals surface area contributed by atoms with E-state index in [4.69, 9.17) is 0 Å². The lowest BCUT2D eigenvalue weighted by Crippen LogP contribution is -2.36. The van der Waals surface area contributed by atoms with Gasteiger partial charge in [-0.2, -0.15) is 0 Å². The summed E-state index contributed by atoms with van der Waals surface area (Å²) in [6.07, 6.45) is 2.37. The van der Waals surface area contributed by atoms with Gasteiger partial charge in [-0.3, -0.25) is 9.59 Å². The number of aliphatic carboxylic acids is 1. The molecule has 4 heteroatoms. The minimum Gasteiger partial charge on any atom is -0.481 e. The van der Waals surface area contributed by atoms with Crippen molar-refractivity contribution in [2.45, 2.75) is 19.3 Å². The Morgan fingerprint density at radius 1 is 1.05 bits per heavy atom. The highest BCUT2D eigenvalue weighted by Crippen LogP contribution is 2.21.